The number of halogens is 1. The van der Waals surface area contributed by atoms with Crippen molar-refractivity contribution < 1.29 is 14.7 Å². The van der Waals surface area contributed by atoms with Gasteiger partial charge in [-0.3, -0.25) is 14.4 Å². The second-order valence-electron chi connectivity index (χ2n) is 6.31. The Bertz CT molecular complexity index is 1080. The molecule has 7 nitrogen and oxygen atoms in total. The quantitative estimate of drug-likeness (QED) is 0.593. The van der Waals surface area contributed by atoms with E-state index in [9.17, 15) is 14.4 Å². The summed E-state index contributed by atoms with van der Waals surface area (Å²) in [5, 5.41) is 16.7. The van der Waals surface area contributed by atoms with Crippen LogP contribution >= 0.6 is 11.8 Å². The Morgan fingerprint density at radius 1 is 1.07 bits per heavy atom. The number of nitrogens with one attached hydrogen (secondary N) is 1. The number of benzene rings is 2. The van der Waals surface area contributed by atoms with Crippen LogP contribution in [0.1, 0.15) is 30.5 Å². The number of aliphatic carboxylic acids is 1. The minimum Gasteiger partial charge on any atom is -0.481 e. The van der Waals surface area contributed by atoms with Crippen molar-refractivity contribution in [2.75, 3.05) is 4.42 Å². The molecule has 1 amide bonds. The van der Waals surface area contributed by atoms with Crippen molar-refractivity contribution >= 4 is 40.1 Å². The summed E-state index contributed by atoms with van der Waals surface area (Å²) in [5.74, 6) is -1.32. The molecule has 2 N–H and O–H groups in total. The van der Waals surface area contributed by atoms with Crippen molar-refractivity contribution in [2.24, 2.45) is 0 Å². The number of amides is 1. The molecule has 0 unspecified atom stereocenters. The van der Waals surface area contributed by atoms with Crippen LogP contribution < -0.4 is 9.98 Å². The number of hydrogen-bond acceptors (Lipinski definition) is 4. The van der Waals surface area contributed by atoms with Crippen molar-refractivity contribution in [1.82, 2.24) is 10.2 Å². The maximum absolute atomic E-state index is 12.2. The van der Waals surface area contributed by atoms with E-state index in [0.29, 0.717) is 23.2 Å². The molecule has 1 heterocycles. The second-order valence-corrected chi connectivity index (χ2v) is 6.65. The Labute approximate surface area is 165 Å². The summed E-state index contributed by atoms with van der Waals surface area (Å²) in [6.07, 6.45) is 0.640. The highest BCUT2D eigenvalue weighted by Gasteiger charge is 2.15. The van der Waals surface area contributed by atoms with E-state index >= 15 is 0 Å². The molecule has 0 saturated heterocycles. The van der Waals surface area contributed by atoms with Crippen LogP contribution in [0.25, 0.3) is 10.8 Å². The number of aromatic amines is 1. The summed E-state index contributed by atoms with van der Waals surface area (Å²) in [6, 6.07) is 14.3. The zero-order chi connectivity index (χ0) is 20.1. The molecule has 2 aromatic carbocycles. The van der Waals surface area contributed by atoms with Crippen LogP contribution in [0.3, 0.4) is 0 Å². The molecule has 0 aliphatic rings. The zero-order valence-corrected chi connectivity index (χ0v) is 15.6. The van der Waals surface area contributed by atoms with Gasteiger partial charge in [0.15, 0.2) is 0 Å². The molecule has 3 aromatic rings. The van der Waals surface area contributed by atoms with E-state index in [4.69, 9.17) is 16.9 Å². The minimum atomic E-state index is -0.948. The molecule has 0 aliphatic heterocycles. The Morgan fingerprint density at radius 3 is 2.57 bits per heavy atom. The third-order valence-electron chi connectivity index (χ3n) is 4.28. The number of carbonyl (C=O) groups is 2. The average Bonchev–Trinajstić information content (AvgIpc) is 2.69. The van der Waals surface area contributed by atoms with Crippen LogP contribution in [0.15, 0.2) is 53.3 Å². The number of aromatic nitrogens is 2. The Balaban J connectivity index is 1.79. The number of fused-ring (bicyclic) bond motifs is 1. The van der Waals surface area contributed by atoms with Crippen LogP contribution in [-0.4, -0.2) is 27.2 Å². The Morgan fingerprint density at radius 2 is 1.82 bits per heavy atom. The van der Waals surface area contributed by atoms with E-state index in [1.165, 1.54) is 0 Å². The number of carboxylic acids is 1. The molecule has 1 aromatic heterocycles. The van der Waals surface area contributed by atoms with E-state index in [0.717, 1.165) is 15.4 Å². The fourth-order valence-corrected chi connectivity index (χ4v) is 3.11. The third kappa shape index (κ3) is 4.55. The number of rotatable bonds is 7. The van der Waals surface area contributed by atoms with E-state index in [1.807, 2.05) is 18.2 Å². The van der Waals surface area contributed by atoms with Crippen LogP contribution in [-0.2, 0) is 16.0 Å². The van der Waals surface area contributed by atoms with Crippen molar-refractivity contribution in [1.29, 1.82) is 0 Å². The molecule has 0 spiro atoms. The summed E-state index contributed by atoms with van der Waals surface area (Å²) in [5.41, 5.74) is 1.83. The van der Waals surface area contributed by atoms with Gasteiger partial charge in [0, 0.05) is 36.4 Å². The van der Waals surface area contributed by atoms with Gasteiger partial charge < -0.3 is 5.11 Å². The van der Waals surface area contributed by atoms with Gasteiger partial charge in [-0.1, -0.05) is 30.3 Å². The lowest BCUT2D eigenvalue weighted by Crippen LogP contribution is -2.20. The van der Waals surface area contributed by atoms with Crippen LogP contribution in [0.4, 0.5) is 5.69 Å². The Hall–Kier alpha value is -3.19. The fourth-order valence-electron chi connectivity index (χ4n) is 2.92. The molecule has 0 bridgehead atoms. The van der Waals surface area contributed by atoms with Gasteiger partial charge in [0.2, 0.25) is 5.91 Å². The van der Waals surface area contributed by atoms with Crippen molar-refractivity contribution in [2.45, 2.75) is 25.7 Å². The molecule has 144 valence electrons. The molecule has 0 radical (unpaired) electrons. The maximum Gasteiger partial charge on any atom is 0.303 e. The summed E-state index contributed by atoms with van der Waals surface area (Å²) in [4.78, 5) is 34.6. The van der Waals surface area contributed by atoms with Gasteiger partial charge in [0.05, 0.1) is 16.8 Å². The second kappa shape index (κ2) is 8.67. The van der Waals surface area contributed by atoms with Gasteiger partial charge in [0.1, 0.15) is 0 Å². The summed E-state index contributed by atoms with van der Waals surface area (Å²) < 4.78 is 1.00. The lowest BCUT2D eigenvalue weighted by Gasteiger charge is -2.15. The molecular weight excluding hydrogens is 382 g/mol. The fraction of sp³-hybridized carbons (Fsp3) is 0.200. The summed E-state index contributed by atoms with van der Waals surface area (Å²) in [7, 11) is 0. The van der Waals surface area contributed by atoms with Crippen molar-refractivity contribution in [3.63, 3.8) is 0 Å². The van der Waals surface area contributed by atoms with Gasteiger partial charge in [-0.25, -0.2) is 9.52 Å². The minimum absolute atomic E-state index is 0.0478. The number of anilines is 1. The predicted molar refractivity (Wildman–Crippen MR) is 106 cm³/mol. The largest absolute Gasteiger partial charge is 0.481 e. The topological polar surface area (TPSA) is 103 Å². The zero-order valence-electron chi connectivity index (χ0n) is 14.9. The van der Waals surface area contributed by atoms with E-state index in [2.05, 4.69) is 10.2 Å². The molecule has 0 fully saturated rings. The van der Waals surface area contributed by atoms with Gasteiger partial charge >= 0.3 is 5.97 Å². The van der Waals surface area contributed by atoms with E-state index in [1.54, 1.807) is 30.3 Å². The molecule has 0 saturated carbocycles. The number of carboxylic acid groups (broad SMARTS) is 1. The number of H-pyrrole nitrogens is 1. The molecule has 0 atom stereocenters. The summed E-state index contributed by atoms with van der Waals surface area (Å²) >= 11 is 6.14. The van der Waals surface area contributed by atoms with Gasteiger partial charge in [-0.2, -0.15) is 5.10 Å². The van der Waals surface area contributed by atoms with Gasteiger partial charge in [0.25, 0.3) is 5.56 Å². The number of nitrogens with zero attached hydrogens (tertiary/aromatic N) is 2. The van der Waals surface area contributed by atoms with Crippen LogP contribution in [0.5, 0.6) is 0 Å². The molecule has 0 aliphatic carbocycles. The SMILES string of the molecule is O=C(O)CCCC(=O)N(Cl)c1cccc(Cc2n[nH]c(=O)c3ccccc23)c1. The molecule has 8 heteroatoms. The first-order valence-electron chi connectivity index (χ1n) is 8.71. The highest BCUT2D eigenvalue weighted by atomic mass is 35.5. The standard InChI is InChI=1S/C20H18ClN3O4/c21-24(18(25)9-4-10-19(26)27)14-6-3-5-13(11-14)12-17-15-7-1-2-8-16(15)20(28)23-22-17/h1-3,5-8,11H,4,9-10,12H2,(H,23,28)(H,26,27). The average molecular weight is 400 g/mol. The third-order valence-corrected chi connectivity index (χ3v) is 4.67. The smallest absolute Gasteiger partial charge is 0.303 e. The van der Waals surface area contributed by atoms with Crippen LogP contribution in [0.2, 0.25) is 0 Å². The van der Waals surface area contributed by atoms with E-state index in [-0.39, 0.29) is 30.7 Å². The van der Waals surface area contributed by atoms with Crippen LogP contribution in [0, 0.1) is 0 Å². The Kier molecular flexibility index (Phi) is 6.06. The number of carbonyl (C=O) groups excluding carboxylic acids is 1. The first-order valence-corrected chi connectivity index (χ1v) is 9.05. The predicted octanol–water partition coefficient (Wildman–Crippen LogP) is 3.26. The highest BCUT2D eigenvalue weighted by molar-refractivity contribution is 6.36. The first-order chi connectivity index (χ1) is 13.5. The maximum atomic E-state index is 12.2. The lowest BCUT2D eigenvalue weighted by atomic mass is 10.0. The monoisotopic (exact) mass is 399 g/mol. The lowest BCUT2D eigenvalue weighted by molar-refractivity contribution is -0.137. The molecular formula is C20H18ClN3O4. The number of hydrogen-bond donors (Lipinski definition) is 2. The van der Waals surface area contributed by atoms with Crippen molar-refractivity contribution in [3.05, 3.63) is 70.1 Å². The first kappa shape index (κ1) is 19.6. The molecule has 28 heavy (non-hydrogen) atoms. The van der Waals surface area contributed by atoms with Gasteiger partial charge in [-0.15, -0.1) is 0 Å². The molecule has 3 rings (SSSR count). The highest BCUT2D eigenvalue weighted by Crippen LogP contribution is 2.23. The van der Waals surface area contributed by atoms with Gasteiger partial charge in [-0.05, 0) is 30.2 Å². The van der Waals surface area contributed by atoms with Crippen molar-refractivity contribution in [3.8, 4) is 0 Å². The van der Waals surface area contributed by atoms with E-state index < -0.39 is 5.97 Å². The normalized spacial score (nSPS) is 10.8. The summed E-state index contributed by atoms with van der Waals surface area (Å²) in [6.45, 7) is 0.